The Bertz CT molecular complexity index is 142. The van der Waals surface area contributed by atoms with Crippen LogP contribution in [0.2, 0.25) is 0 Å². The predicted molar refractivity (Wildman–Crippen MR) is 32.5 cm³/mol. The first-order chi connectivity index (χ1) is 4.34. The number of hydroxylamine groups is 2. The summed E-state index contributed by atoms with van der Waals surface area (Å²) in [6.07, 6.45) is 4.25. The van der Waals surface area contributed by atoms with Crippen molar-refractivity contribution in [1.82, 2.24) is 5.06 Å². The fourth-order valence-corrected chi connectivity index (χ4v) is 0.751. The van der Waals surface area contributed by atoms with Crippen LogP contribution in [0.15, 0.2) is 12.2 Å². The summed E-state index contributed by atoms with van der Waals surface area (Å²) in [5, 5.41) is 1.33. The van der Waals surface area contributed by atoms with Crippen LogP contribution in [0.4, 0.5) is 0 Å². The average molecular weight is 127 g/mol. The van der Waals surface area contributed by atoms with E-state index >= 15 is 0 Å². The van der Waals surface area contributed by atoms with Crippen LogP contribution in [0.1, 0.15) is 6.42 Å². The molecule has 1 aliphatic rings. The van der Waals surface area contributed by atoms with Gasteiger partial charge in [-0.3, -0.25) is 9.63 Å². The summed E-state index contributed by atoms with van der Waals surface area (Å²) in [5.41, 5.74) is 0. The van der Waals surface area contributed by atoms with Gasteiger partial charge in [-0.1, -0.05) is 6.08 Å². The van der Waals surface area contributed by atoms with Gasteiger partial charge in [-0.2, -0.15) is 0 Å². The molecule has 1 rings (SSSR count). The maximum Gasteiger partial charge on any atom is 0.269 e. The minimum atomic E-state index is -0.0660. The smallest absolute Gasteiger partial charge is 0.269 e. The SMILES string of the molecule is CON1CCC=CC1=O. The lowest BCUT2D eigenvalue weighted by Crippen LogP contribution is -2.31. The third kappa shape index (κ3) is 1.29. The number of hydrogen-bond donors (Lipinski definition) is 0. The zero-order valence-electron chi connectivity index (χ0n) is 5.33. The third-order valence-corrected chi connectivity index (χ3v) is 1.23. The molecule has 0 bridgehead atoms. The fourth-order valence-electron chi connectivity index (χ4n) is 0.751. The van der Waals surface area contributed by atoms with E-state index in [2.05, 4.69) is 0 Å². The zero-order chi connectivity index (χ0) is 6.69. The van der Waals surface area contributed by atoms with Crippen molar-refractivity contribution in [2.75, 3.05) is 13.7 Å². The lowest BCUT2D eigenvalue weighted by molar-refractivity contribution is -0.171. The second kappa shape index (κ2) is 2.64. The normalized spacial score (nSPS) is 18.8. The molecule has 50 valence electrons. The van der Waals surface area contributed by atoms with Crippen LogP contribution in [-0.2, 0) is 9.63 Å². The van der Waals surface area contributed by atoms with Crippen molar-refractivity contribution in [3.8, 4) is 0 Å². The van der Waals surface area contributed by atoms with Crippen LogP contribution >= 0.6 is 0 Å². The fraction of sp³-hybridized carbons (Fsp3) is 0.500. The Balaban J connectivity index is 2.55. The first-order valence-electron chi connectivity index (χ1n) is 2.87. The molecule has 0 atom stereocenters. The van der Waals surface area contributed by atoms with Crippen LogP contribution in [0, 0.1) is 0 Å². The summed E-state index contributed by atoms with van der Waals surface area (Å²) in [5.74, 6) is -0.0660. The molecule has 0 saturated carbocycles. The van der Waals surface area contributed by atoms with Crippen molar-refractivity contribution in [3.63, 3.8) is 0 Å². The van der Waals surface area contributed by atoms with Gasteiger partial charge >= 0.3 is 0 Å². The van der Waals surface area contributed by atoms with Crippen molar-refractivity contribution in [2.45, 2.75) is 6.42 Å². The molecule has 0 radical (unpaired) electrons. The number of amides is 1. The highest BCUT2D eigenvalue weighted by molar-refractivity contribution is 5.87. The summed E-state index contributed by atoms with van der Waals surface area (Å²) in [4.78, 5) is 15.5. The molecular formula is C6H9NO2. The monoisotopic (exact) mass is 127 g/mol. The van der Waals surface area contributed by atoms with Gasteiger partial charge in [0.15, 0.2) is 0 Å². The van der Waals surface area contributed by atoms with Gasteiger partial charge in [-0.25, -0.2) is 5.06 Å². The van der Waals surface area contributed by atoms with E-state index in [-0.39, 0.29) is 5.91 Å². The van der Waals surface area contributed by atoms with Crippen molar-refractivity contribution in [2.24, 2.45) is 0 Å². The maximum atomic E-state index is 10.7. The first kappa shape index (κ1) is 6.29. The van der Waals surface area contributed by atoms with Crippen LogP contribution in [0.5, 0.6) is 0 Å². The van der Waals surface area contributed by atoms with Gasteiger partial charge in [0.25, 0.3) is 5.91 Å². The second-order valence-electron chi connectivity index (χ2n) is 1.81. The van der Waals surface area contributed by atoms with E-state index in [0.29, 0.717) is 6.54 Å². The Morgan fingerprint density at radius 3 is 3.00 bits per heavy atom. The van der Waals surface area contributed by atoms with E-state index in [1.54, 1.807) is 0 Å². The summed E-state index contributed by atoms with van der Waals surface area (Å²) in [6, 6.07) is 0. The predicted octanol–water partition coefficient (Wildman–Crippen LogP) is 0.336. The quantitative estimate of drug-likeness (QED) is 0.508. The van der Waals surface area contributed by atoms with E-state index in [1.807, 2.05) is 6.08 Å². The average Bonchev–Trinajstić information content (AvgIpc) is 1.89. The highest BCUT2D eigenvalue weighted by Gasteiger charge is 2.11. The number of rotatable bonds is 1. The van der Waals surface area contributed by atoms with Gasteiger partial charge in [0.1, 0.15) is 0 Å². The van der Waals surface area contributed by atoms with E-state index in [0.717, 1.165) is 6.42 Å². The molecule has 0 saturated heterocycles. The number of carbonyl (C=O) groups is 1. The summed E-state index contributed by atoms with van der Waals surface area (Å²) >= 11 is 0. The molecule has 0 aromatic rings. The number of nitrogens with zero attached hydrogens (tertiary/aromatic N) is 1. The third-order valence-electron chi connectivity index (χ3n) is 1.23. The lowest BCUT2D eigenvalue weighted by atomic mass is 10.3. The largest absolute Gasteiger partial charge is 0.274 e. The molecule has 1 aliphatic heterocycles. The van der Waals surface area contributed by atoms with Crippen molar-refractivity contribution in [1.29, 1.82) is 0 Å². The van der Waals surface area contributed by atoms with E-state index < -0.39 is 0 Å². The van der Waals surface area contributed by atoms with E-state index in [4.69, 9.17) is 4.84 Å². The zero-order valence-corrected chi connectivity index (χ0v) is 5.33. The van der Waals surface area contributed by atoms with Gasteiger partial charge in [0.2, 0.25) is 0 Å². The molecule has 0 unspecified atom stereocenters. The number of hydrogen-bond acceptors (Lipinski definition) is 2. The Morgan fingerprint density at radius 2 is 2.56 bits per heavy atom. The van der Waals surface area contributed by atoms with Gasteiger partial charge < -0.3 is 0 Å². The van der Waals surface area contributed by atoms with Crippen molar-refractivity contribution in [3.05, 3.63) is 12.2 Å². The van der Waals surface area contributed by atoms with Gasteiger partial charge in [0, 0.05) is 6.08 Å². The van der Waals surface area contributed by atoms with Crippen LogP contribution < -0.4 is 0 Å². The lowest BCUT2D eigenvalue weighted by Gasteiger charge is -2.19. The van der Waals surface area contributed by atoms with E-state index in [9.17, 15) is 4.79 Å². The first-order valence-corrected chi connectivity index (χ1v) is 2.87. The topological polar surface area (TPSA) is 29.5 Å². The highest BCUT2D eigenvalue weighted by Crippen LogP contribution is 2.01. The van der Waals surface area contributed by atoms with Gasteiger partial charge in [0.05, 0.1) is 13.7 Å². The minimum Gasteiger partial charge on any atom is -0.274 e. The summed E-state index contributed by atoms with van der Waals surface area (Å²) in [6.45, 7) is 0.672. The molecule has 3 heteroatoms. The molecule has 1 amide bonds. The molecule has 9 heavy (non-hydrogen) atoms. The molecule has 0 aliphatic carbocycles. The Labute approximate surface area is 53.9 Å². The second-order valence-corrected chi connectivity index (χ2v) is 1.81. The minimum absolute atomic E-state index is 0.0660. The molecular weight excluding hydrogens is 118 g/mol. The Kier molecular flexibility index (Phi) is 1.85. The standard InChI is InChI=1S/C6H9NO2/c1-9-7-5-3-2-4-6(7)8/h2,4H,3,5H2,1H3. The molecule has 0 aromatic carbocycles. The Morgan fingerprint density at radius 1 is 1.78 bits per heavy atom. The molecule has 3 nitrogen and oxygen atoms in total. The molecule has 0 N–H and O–H groups in total. The molecule has 0 fully saturated rings. The summed E-state index contributed by atoms with van der Waals surface area (Å²) < 4.78 is 0. The van der Waals surface area contributed by atoms with Crippen LogP contribution in [0.25, 0.3) is 0 Å². The van der Waals surface area contributed by atoms with Crippen LogP contribution in [0.3, 0.4) is 0 Å². The Hall–Kier alpha value is -0.830. The van der Waals surface area contributed by atoms with Crippen molar-refractivity contribution < 1.29 is 9.63 Å². The van der Waals surface area contributed by atoms with Gasteiger partial charge in [-0.05, 0) is 6.42 Å². The van der Waals surface area contributed by atoms with Gasteiger partial charge in [-0.15, -0.1) is 0 Å². The number of carbonyl (C=O) groups excluding carboxylic acids is 1. The van der Waals surface area contributed by atoms with Crippen LogP contribution in [-0.4, -0.2) is 24.6 Å². The maximum absolute atomic E-state index is 10.7. The summed E-state index contributed by atoms with van der Waals surface area (Å²) in [7, 11) is 1.50. The molecule has 0 aromatic heterocycles. The van der Waals surface area contributed by atoms with Crippen molar-refractivity contribution >= 4 is 5.91 Å². The highest BCUT2D eigenvalue weighted by atomic mass is 16.7. The molecule has 1 heterocycles. The molecule has 0 spiro atoms. The van der Waals surface area contributed by atoms with E-state index in [1.165, 1.54) is 18.2 Å².